The average molecular weight is 268 g/mol. The van der Waals surface area contributed by atoms with Crippen LogP contribution in [0.2, 0.25) is 0 Å². The van der Waals surface area contributed by atoms with Crippen molar-refractivity contribution in [3.63, 3.8) is 0 Å². The molecule has 0 radical (unpaired) electrons. The maximum Gasteiger partial charge on any atom is 0.259 e. The standard InChI is InChI=1S/C10H9F5N2O/c1-17(3-2-16)10(18)4-5(11)7(13)9(15)8(14)6(4)12/h2-3,16H2,1H3. The van der Waals surface area contributed by atoms with E-state index in [0.717, 1.165) is 11.9 Å². The Balaban J connectivity index is 3.37. The second-order valence-electron chi connectivity index (χ2n) is 3.46. The molecule has 8 heteroatoms. The van der Waals surface area contributed by atoms with E-state index >= 15 is 0 Å². The Morgan fingerprint density at radius 2 is 1.39 bits per heavy atom. The number of amides is 1. The number of halogens is 5. The molecule has 0 saturated heterocycles. The van der Waals surface area contributed by atoms with Gasteiger partial charge in [0.2, 0.25) is 5.82 Å². The van der Waals surface area contributed by atoms with Crippen LogP contribution in [0.1, 0.15) is 10.4 Å². The average Bonchev–Trinajstić information content (AvgIpc) is 2.34. The van der Waals surface area contributed by atoms with E-state index in [4.69, 9.17) is 5.73 Å². The Morgan fingerprint density at radius 1 is 1.00 bits per heavy atom. The first-order chi connectivity index (χ1) is 8.32. The molecule has 1 amide bonds. The minimum atomic E-state index is -2.30. The van der Waals surface area contributed by atoms with Crippen LogP contribution in [0.4, 0.5) is 22.0 Å². The number of carbonyl (C=O) groups is 1. The molecule has 0 spiro atoms. The molecule has 1 aromatic rings. The number of likely N-dealkylation sites (N-methyl/N-ethyl adjacent to an activating group) is 1. The Morgan fingerprint density at radius 3 is 1.78 bits per heavy atom. The van der Waals surface area contributed by atoms with Crippen LogP contribution in [0, 0.1) is 29.1 Å². The molecule has 1 rings (SSSR count). The second kappa shape index (κ2) is 5.30. The first kappa shape index (κ1) is 14.4. The molecule has 0 unspecified atom stereocenters. The van der Waals surface area contributed by atoms with Gasteiger partial charge in [-0.3, -0.25) is 4.79 Å². The summed E-state index contributed by atoms with van der Waals surface area (Å²) in [5.41, 5.74) is 3.63. The number of nitrogens with zero attached hydrogens (tertiary/aromatic N) is 1. The lowest BCUT2D eigenvalue weighted by molar-refractivity contribution is 0.0786. The van der Waals surface area contributed by atoms with Gasteiger partial charge in [-0.05, 0) is 0 Å². The molecule has 0 aliphatic carbocycles. The molecule has 100 valence electrons. The molecule has 0 atom stereocenters. The zero-order chi connectivity index (χ0) is 14.0. The molecule has 18 heavy (non-hydrogen) atoms. The Kier molecular flexibility index (Phi) is 4.23. The highest BCUT2D eigenvalue weighted by atomic mass is 19.2. The molecule has 1 aromatic carbocycles. The third-order valence-electron chi connectivity index (χ3n) is 2.23. The van der Waals surface area contributed by atoms with Gasteiger partial charge in [0.05, 0.1) is 0 Å². The topological polar surface area (TPSA) is 46.3 Å². The van der Waals surface area contributed by atoms with E-state index in [1.54, 1.807) is 0 Å². The molecule has 0 aliphatic rings. The van der Waals surface area contributed by atoms with E-state index in [2.05, 4.69) is 0 Å². The zero-order valence-corrected chi connectivity index (χ0v) is 9.24. The predicted octanol–water partition coefficient (Wildman–Crippen LogP) is 1.41. The summed E-state index contributed by atoms with van der Waals surface area (Å²) < 4.78 is 65.0. The molecule has 0 fully saturated rings. The maximum atomic E-state index is 13.3. The van der Waals surface area contributed by atoms with Gasteiger partial charge in [-0.1, -0.05) is 0 Å². The van der Waals surface area contributed by atoms with Gasteiger partial charge >= 0.3 is 0 Å². The van der Waals surface area contributed by atoms with Crippen molar-refractivity contribution in [2.24, 2.45) is 5.73 Å². The SMILES string of the molecule is CN(CCN)C(=O)c1c(F)c(F)c(F)c(F)c1F. The van der Waals surface area contributed by atoms with E-state index < -0.39 is 40.6 Å². The number of rotatable bonds is 3. The van der Waals surface area contributed by atoms with Crippen LogP contribution in [0.25, 0.3) is 0 Å². The van der Waals surface area contributed by atoms with Crippen molar-refractivity contribution in [3.8, 4) is 0 Å². The van der Waals surface area contributed by atoms with Gasteiger partial charge in [-0.25, -0.2) is 22.0 Å². The fourth-order valence-electron chi connectivity index (χ4n) is 1.28. The third-order valence-corrected chi connectivity index (χ3v) is 2.23. The normalized spacial score (nSPS) is 10.6. The summed E-state index contributed by atoms with van der Waals surface area (Å²) in [6.07, 6.45) is 0. The van der Waals surface area contributed by atoms with Crippen LogP contribution < -0.4 is 5.73 Å². The van der Waals surface area contributed by atoms with E-state index in [-0.39, 0.29) is 13.1 Å². The van der Waals surface area contributed by atoms with Crippen LogP contribution >= 0.6 is 0 Å². The first-order valence-electron chi connectivity index (χ1n) is 4.79. The lowest BCUT2D eigenvalue weighted by Crippen LogP contribution is -2.33. The summed E-state index contributed by atoms with van der Waals surface area (Å²) in [6, 6.07) is 0. The Bertz CT molecular complexity index is 463. The Labute approximate surface area is 99.0 Å². The van der Waals surface area contributed by atoms with Gasteiger partial charge in [0.1, 0.15) is 5.56 Å². The van der Waals surface area contributed by atoms with E-state index in [0.29, 0.717) is 0 Å². The van der Waals surface area contributed by atoms with E-state index in [1.165, 1.54) is 0 Å². The van der Waals surface area contributed by atoms with Crippen molar-refractivity contribution >= 4 is 5.91 Å². The molecule has 3 nitrogen and oxygen atoms in total. The van der Waals surface area contributed by atoms with Crippen molar-refractivity contribution in [2.75, 3.05) is 20.1 Å². The number of carbonyl (C=O) groups excluding carboxylic acids is 1. The van der Waals surface area contributed by atoms with Crippen molar-refractivity contribution < 1.29 is 26.7 Å². The quantitative estimate of drug-likeness (QED) is 0.512. The van der Waals surface area contributed by atoms with Crippen LogP contribution in [-0.2, 0) is 0 Å². The number of hydrogen-bond acceptors (Lipinski definition) is 2. The highest BCUT2D eigenvalue weighted by molar-refractivity contribution is 5.94. The lowest BCUT2D eigenvalue weighted by atomic mass is 10.1. The van der Waals surface area contributed by atoms with Gasteiger partial charge in [-0.2, -0.15) is 0 Å². The number of hydrogen-bond donors (Lipinski definition) is 1. The van der Waals surface area contributed by atoms with Crippen molar-refractivity contribution in [1.29, 1.82) is 0 Å². The highest BCUT2D eigenvalue weighted by Crippen LogP contribution is 2.23. The van der Waals surface area contributed by atoms with Gasteiger partial charge in [-0.15, -0.1) is 0 Å². The van der Waals surface area contributed by atoms with Crippen LogP contribution in [0.5, 0.6) is 0 Å². The first-order valence-corrected chi connectivity index (χ1v) is 4.79. The zero-order valence-electron chi connectivity index (χ0n) is 9.24. The van der Waals surface area contributed by atoms with Crippen molar-refractivity contribution in [1.82, 2.24) is 4.90 Å². The molecule has 0 bridgehead atoms. The lowest BCUT2D eigenvalue weighted by Gasteiger charge is -2.17. The minimum absolute atomic E-state index is 0.0162. The summed E-state index contributed by atoms with van der Waals surface area (Å²) in [5.74, 6) is -12.2. The maximum absolute atomic E-state index is 13.3. The van der Waals surface area contributed by atoms with Gasteiger partial charge < -0.3 is 10.6 Å². The molecule has 0 heterocycles. The fraction of sp³-hybridized carbons (Fsp3) is 0.300. The smallest absolute Gasteiger partial charge is 0.259 e. The molecule has 0 aromatic heterocycles. The number of benzene rings is 1. The predicted molar refractivity (Wildman–Crippen MR) is 52.2 cm³/mol. The molecule has 2 N–H and O–H groups in total. The van der Waals surface area contributed by atoms with Crippen LogP contribution in [-0.4, -0.2) is 30.9 Å². The summed E-state index contributed by atoms with van der Waals surface area (Å²) in [7, 11) is 1.13. The highest BCUT2D eigenvalue weighted by Gasteiger charge is 2.30. The van der Waals surface area contributed by atoms with Gasteiger partial charge in [0.25, 0.3) is 5.91 Å². The third kappa shape index (κ3) is 2.28. The molecule has 0 saturated carbocycles. The van der Waals surface area contributed by atoms with Crippen molar-refractivity contribution in [2.45, 2.75) is 0 Å². The number of nitrogens with two attached hydrogens (primary N) is 1. The van der Waals surface area contributed by atoms with E-state index in [1.807, 2.05) is 0 Å². The van der Waals surface area contributed by atoms with Gasteiger partial charge in [0, 0.05) is 20.1 Å². The minimum Gasteiger partial charge on any atom is -0.340 e. The van der Waals surface area contributed by atoms with Crippen molar-refractivity contribution in [3.05, 3.63) is 34.6 Å². The molecular weight excluding hydrogens is 259 g/mol. The van der Waals surface area contributed by atoms with E-state index in [9.17, 15) is 26.7 Å². The summed E-state index contributed by atoms with van der Waals surface area (Å²) in [4.78, 5) is 12.3. The fourth-order valence-corrected chi connectivity index (χ4v) is 1.28. The van der Waals surface area contributed by atoms with Crippen LogP contribution in [0.15, 0.2) is 0 Å². The molecular formula is C10H9F5N2O. The summed E-state index contributed by atoms with van der Waals surface area (Å²) in [5, 5.41) is 0. The summed E-state index contributed by atoms with van der Waals surface area (Å²) >= 11 is 0. The monoisotopic (exact) mass is 268 g/mol. The largest absolute Gasteiger partial charge is 0.340 e. The Hall–Kier alpha value is -1.70. The second-order valence-corrected chi connectivity index (χ2v) is 3.46. The van der Waals surface area contributed by atoms with Crippen LogP contribution in [0.3, 0.4) is 0 Å². The molecule has 0 aliphatic heterocycles. The summed E-state index contributed by atoms with van der Waals surface area (Å²) in [6.45, 7) is -0.101. The van der Waals surface area contributed by atoms with Gasteiger partial charge in [0.15, 0.2) is 23.3 Å².